The highest BCUT2D eigenvalue weighted by atomic mass is 32.1. The fourth-order valence-electron chi connectivity index (χ4n) is 1.31. The Morgan fingerprint density at radius 2 is 2.29 bits per heavy atom. The van der Waals surface area contributed by atoms with Gasteiger partial charge in [0.1, 0.15) is 15.2 Å². The first-order valence-electron chi connectivity index (χ1n) is 4.91. The zero-order chi connectivity index (χ0) is 12.3. The van der Waals surface area contributed by atoms with Gasteiger partial charge in [0.15, 0.2) is 0 Å². The van der Waals surface area contributed by atoms with Crippen LogP contribution in [0.3, 0.4) is 0 Å². The van der Waals surface area contributed by atoms with Gasteiger partial charge in [-0.2, -0.15) is 0 Å². The molecule has 0 atom stereocenters. The van der Waals surface area contributed by atoms with Crippen molar-refractivity contribution in [2.75, 3.05) is 12.3 Å². The fourth-order valence-corrected chi connectivity index (χ4v) is 2.24. The van der Waals surface area contributed by atoms with Crippen LogP contribution in [0.2, 0.25) is 0 Å². The third-order valence-corrected chi connectivity index (χ3v) is 3.19. The van der Waals surface area contributed by atoms with E-state index < -0.39 is 0 Å². The van der Waals surface area contributed by atoms with Crippen molar-refractivity contribution < 1.29 is 4.79 Å². The van der Waals surface area contributed by atoms with Gasteiger partial charge in [-0.15, -0.1) is 17.3 Å². The zero-order valence-electron chi connectivity index (χ0n) is 9.15. The Balaban J connectivity index is 2.31. The largest absolute Gasteiger partial charge is 0.396 e. The molecule has 0 unspecified atom stereocenters. The Bertz CT molecular complexity index is 623. The first-order valence-corrected chi connectivity index (χ1v) is 5.72. The number of fused-ring (bicyclic) bond motifs is 1. The van der Waals surface area contributed by atoms with Crippen LogP contribution < -0.4 is 11.1 Å². The number of hydrogen-bond acceptors (Lipinski definition) is 5. The maximum absolute atomic E-state index is 11.8. The molecule has 0 bridgehead atoms. The summed E-state index contributed by atoms with van der Waals surface area (Å²) in [4.78, 5) is 21.1. The molecule has 0 aliphatic heterocycles. The van der Waals surface area contributed by atoms with Crippen LogP contribution in [0.25, 0.3) is 10.3 Å². The van der Waals surface area contributed by atoms with Gasteiger partial charge in [0.2, 0.25) is 0 Å². The predicted octanol–water partition coefficient (Wildman–Crippen LogP) is 1.03. The van der Waals surface area contributed by atoms with Crippen LogP contribution in [0, 0.1) is 11.8 Å². The molecule has 1 amide bonds. The second-order valence-corrected chi connectivity index (χ2v) is 4.16. The molecule has 86 valence electrons. The topological polar surface area (TPSA) is 80.9 Å². The Morgan fingerprint density at radius 1 is 1.53 bits per heavy atom. The van der Waals surface area contributed by atoms with E-state index in [-0.39, 0.29) is 5.91 Å². The molecule has 6 heteroatoms. The average Bonchev–Trinajstić information content (AvgIpc) is 2.68. The van der Waals surface area contributed by atoms with E-state index in [0.29, 0.717) is 27.5 Å². The van der Waals surface area contributed by atoms with E-state index in [1.54, 1.807) is 19.3 Å². The molecule has 2 heterocycles. The molecule has 0 saturated heterocycles. The molecular weight excluding hydrogens is 236 g/mol. The van der Waals surface area contributed by atoms with Gasteiger partial charge < -0.3 is 11.1 Å². The van der Waals surface area contributed by atoms with Crippen molar-refractivity contribution in [1.29, 1.82) is 0 Å². The smallest absolute Gasteiger partial charge is 0.264 e. The van der Waals surface area contributed by atoms with Crippen molar-refractivity contribution in [2.45, 2.75) is 6.92 Å². The summed E-state index contributed by atoms with van der Waals surface area (Å²) in [6.45, 7) is 2.03. The monoisotopic (exact) mass is 246 g/mol. The summed E-state index contributed by atoms with van der Waals surface area (Å²) in [6, 6.07) is 0. The lowest BCUT2D eigenvalue weighted by Gasteiger charge is -1.98. The van der Waals surface area contributed by atoms with E-state index >= 15 is 0 Å². The second-order valence-electron chi connectivity index (χ2n) is 3.16. The summed E-state index contributed by atoms with van der Waals surface area (Å²) >= 11 is 1.23. The third kappa shape index (κ3) is 2.19. The number of nitrogens with zero attached hydrogens (tertiary/aromatic N) is 2. The van der Waals surface area contributed by atoms with E-state index in [4.69, 9.17) is 5.73 Å². The summed E-state index contributed by atoms with van der Waals surface area (Å²) in [5, 5.41) is 2.66. The number of nitrogens with one attached hydrogen (secondary N) is 1. The number of carbonyl (C=O) groups excluding carboxylic acids is 1. The molecule has 0 aliphatic carbocycles. The Hall–Kier alpha value is -2.13. The summed E-state index contributed by atoms with van der Waals surface area (Å²) in [5.41, 5.74) is 6.80. The lowest BCUT2D eigenvalue weighted by molar-refractivity contribution is 0.0963. The molecule has 3 N–H and O–H groups in total. The molecule has 17 heavy (non-hydrogen) atoms. The Morgan fingerprint density at radius 3 is 3.00 bits per heavy atom. The van der Waals surface area contributed by atoms with Crippen LogP contribution in [0.4, 0.5) is 5.69 Å². The molecule has 2 aromatic rings. The van der Waals surface area contributed by atoms with Crippen LogP contribution in [-0.4, -0.2) is 22.4 Å². The van der Waals surface area contributed by atoms with Crippen LogP contribution >= 0.6 is 11.3 Å². The number of carbonyl (C=O) groups is 1. The SMILES string of the molecule is CC#CCNC(=O)c1sc2nccnc2c1N. The lowest BCUT2D eigenvalue weighted by atomic mass is 10.3. The second kappa shape index (κ2) is 4.80. The summed E-state index contributed by atoms with van der Waals surface area (Å²) < 4.78 is 0. The van der Waals surface area contributed by atoms with Crippen LogP contribution in [0.5, 0.6) is 0 Å². The minimum atomic E-state index is -0.241. The van der Waals surface area contributed by atoms with E-state index in [9.17, 15) is 4.79 Å². The third-order valence-electron chi connectivity index (χ3n) is 2.08. The molecule has 0 saturated carbocycles. The Kier molecular flexibility index (Phi) is 3.21. The van der Waals surface area contributed by atoms with Gasteiger partial charge >= 0.3 is 0 Å². The predicted molar refractivity (Wildman–Crippen MR) is 67.6 cm³/mol. The van der Waals surface area contributed by atoms with Crippen LogP contribution in [0.15, 0.2) is 12.4 Å². The molecule has 0 fully saturated rings. The molecule has 0 aliphatic rings. The number of nitrogens with two attached hydrogens (primary N) is 1. The van der Waals surface area contributed by atoms with Gasteiger partial charge in [0, 0.05) is 12.4 Å². The van der Waals surface area contributed by atoms with E-state index in [1.165, 1.54) is 11.3 Å². The van der Waals surface area contributed by atoms with Crippen molar-refractivity contribution in [3.8, 4) is 11.8 Å². The number of aromatic nitrogens is 2. The van der Waals surface area contributed by atoms with Crippen molar-refractivity contribution in [3.63, 3.8) is 0 Å². The van der Waals surface area contributed by atoms with E-state index in [1.807, 2.05) is 0 Å². The normalized spacial score (nSPS) is 9.71. The number of hydrogen-bond donors (Lipinski definition) is 2. The fraction of sp³-hybridized carbons (Fsp3) is 0.182. The molecule has 2 aromatic heterocycles. The lowest BCUT2D eigenvalue weighted by Crippen LogP contribution is -2.23. The van der Waals surface area contributed by atoms with Gasteiger partial charge in [-0.25, -0.2) is 9.97 Å². The first-order chi connectivity index (χ1) is 8.24. The highest BCUT2D eigenvalue weighted by Crippen LogP contribution is 2.29. The number of rotatable bonds is 2. The molecular formula is C11H10N4OS. The zero-order valence-corrected chi connectivity index (χ0v) is 9.97. The highest BCUT2D eigenvalue weighted by molar-refractivity contribution is 7.21. The van der Waals surface area contributed by atoms with Crippen molar-refractivity contribution >= 4 is 33.3 Å². The highest BCUT2D eigenvalue weighted by Gasteiger charge is 2.16. The van der Waals surface area contributed by atoms with Gasteiger partial charge in [-0.3, -0.25) is 4.79 Å². The first kappa shape index (κ1) is 11.4. The number of anilines is 1. The van der Waals surface area contributed by atoms with Crippen molar-refractivity contribution in [1.82, 2.24) is 15.3 Å². The van der Waals surface area contributed by atoms with Gasteiger partial charge in [0.05, 0.1) is 12.2 Å². The van der Waals surface area contributed by atoms with E-state index in [2.05, 4.69) is 27.1 Å². The van der Waals surface area contributed by atoms with Crippen LogP contribution in [0.1, 0.15) is 16.6 Å². The minimum absolute atomic E-state index is 0.241. The molecule has 0 aromatic carbocycles. The molecule has 2 rings (SSSR count). The maximum Gasteiger partial charge on any atom is 0.264 e. The number of nitrogen functional groups attached to an aromatic ring is 1. The average molecular weight is 246 g/mol. The van der Waals surface area contributed by atoms with E-state index in [0.717, 1.165) is 0 Å². The molecule has 0 radical (unpaired) electrons. The summed E-state index contributed by atoms with van der Waals surface area (Å²) in [6.07, 6.45) is 3.12. The number of thiophene rings is 1. The van der Waals surface area contributed by atoms with Gasteiger partial charge in [0.25, 0.3) is 5.91 Å². The molecule has 0 spiro atoms. The number of amides is 1. The Labute approximate surface area is 102 Å². The van der Waals surface area contributed by atoms with Gasteiger partial charge in [-0.05, 0) is 6.92 Å². The standard InChI is InChI=1S/C11H10N4OS/c1-2-3-4-14-10(16)9-7(12)8-11(17-9)15-6-5-13-8/h5-6H,4,12H2,1H3,(H,14,16). The minimum Gasteiger partial charge on any atom is -0.396 e. The summed E-state index contributed by atoms with van der Waals surface area (Å²) in [7, 11) is 0. The molecule has 5 nitrogen and oxygen atoms in total. The summed E-state index contributed by atoms with van der Waals surface area (Å²) in [5.74, 6) is 5.21. The maximum atomic E-state index is 11.8. The van der Waals surface area contributed by atoms with Gasteiger partial charge in [-0.1, -0.05) is 5.92 Å². The van der Waals surface area contributed by atoms with Crippen molar-refractivity contribution in [3.05, 3.63) is 17.3 Å². The van der Waals surface area contributed by atoms with Crippen LogP contribution in [-0.2, 0) is 0 Å². The quantitative estimate of drug-likeness (QED) is 0.775. The van der Waals surface area contributed by atoms with Crippen molar-refractivity contribution in [2.24, 2.45) is 0 Å².